The molecule has 2 rings (SSSR count). The van der Waals surface area contributed by atoms with E-state index in [2.05, 4.69) is 5.32 Å². The standard InChI is InChI=1S/C10H8F3NO2S/c11-10(12,13)5-1-2-6-8(3-5)17-4-7(14-6)9(15)16/h1-3,7,14H,4H2,(H,15,16). The molecule has 92 valence electrons. The molecule has 0 amide bonds. The predicted molar refractivity (Wildman–Crippen MR) is 57.2 cm³/mol. The summed E-state index contributed by atoms with van der Waals surface area (Å²) in [5.41, 5.74) is -0.291. The number of fused-ring (bicyclic) bond motifs is 1. The Morgan fingerprint density at radius 2 is 2.18 bits per heavy atom. The number of carboxylic acid groups (broad SMARTS) is 1. The van der Waals surface area contributed by atoms with E-state index in [0.717, 1.165) is 23.9 Å². The fourth-order valence-corrected chi connectivity index (χ4v) is 2.54. The molecule has 1 aromatic rings. The molecule has 0 saturated heterocycles. The summed E-state index contributed by atoms with van der Waals surface area (Å²) in [5, 5.41) is 11.5. The summed E-state index contributed by atoms with van der Waals surface area (Å²) in [4.78, 5) is 11.2. The largest absolute Gasteiger partial charge is 0.480 e. The monoisotopic (exact) mass is 263 g/mol. The first-order valence-corrected chi connectivity index (χ1v) is 5.70. The van der Waals surface area contributed by atoms with Crippen molar-refractivity contribution >= 4 is 23.4 Å². The summed E-state index contributed by atoms with van der Waals surface area (Å²) in [7, 11) is 0. The van der Waals surface area contributed by atoms with Crippen molar-refractivity contribution < 1.29 is 23.1 Å². The van der Waals surface area contributed by atoms with Crippen molar-refractivity contribution in [1.29, 1.82) is 0 Å². The summed E-state index contributed by atoms with van der Waals surface area (Å²) in [5.74, 6) is -0.799. The van der Waals surface area contributed by atoms with Crippen molar-refractivity contribution in [2.24, 2.45) is 0 Å². The Balaban J connectivity index is 2.29. The molecule has 17 heavy (non-hydrogen) atoms. The molecule has 7 heteroatoms. The first-order chi connectivity index (χ1) is 7.88. The van der Waals surface area contributed by atoms with Gasteiger partial charge in [0, 0.05) is 16.3 Å². The number of benzene rings is 1. The molecule has 0 spiro atoms. The van der Waals surface area contributed by atoms with Crippen molar-refractivity contribution in [3.8, 4) is 0 Å². The molecule has 0 radical (unpaired) electrons. The van der Waals surface area contributed by atoms with Gasteiger partial charge in [-0.25, -0.2) is 4.79 Å². The average Bonchev–Trinajstić information content (AvgIpc) is 2.26. The summed E-state index contributed by atoms with van der Waals surface area (Å²) in [6, 6.07) is 2.48. The number of nitrogens with one attached hydrogen (secondary N) is 1. The van der Waals surface area contributed by atoms with Gasteiger partial charge >= 0.3 is 12.1 Å². The maximum absolute atomic E-state index is 12.4. The van der Waals surface area contributed by atoms with Crippen LogP contribution in [0.3, 0.4) is 0 Å². The van der Waals surface area contributed by atoms with E-state index in [9.17, 15) is 18.0 Å². The molecule has 0 saturated carbocycles. The van der Waals surface area contributed by atoms with Crippen molar-refractivity contribution in [2.45, 2.75) is 17.1 Å². The third-order valence-electron chi connectivity index (χ3n) is 2.34. The second kappa shape index (κ2) is 4.14. The average molecular weight is 263 g/mol. The van der Waals surface area contributed by atoms with Crippen LogP contribution in [0.5, 0.6) is 0 Å². The molecular formula is C10H8F3NO2S. The number of thioether (sulfide) groups is 1. The van der Waals surface area contributed by atoms with Gasteiger partial charge in [0.05, 0.1) is 5.56 Å². The molecule has 1 unspecified atom stereocenters. The van der Waals surface area contributed by atoms with Gasteiger partial charge in [0.25, 0.3) is 0 Å². The van der Waals surface area contributed by atoms with Gasteiger partial charge in [0.2, 0.25) is 0 Å². The van der Waals surface area contributed by atoms with Gasteiger partial charge in [0.1, 0.15) is 6.04 Å². The molecule has 1 aromatic carbocycles. The molecule has 3 nitrogen and oxygen atoms in total. The minimum atomic E-state index is -4.38. The number of halogens is 3. The van der Waals surface area contributed by atoms with E-state index in [-0.39, 0.29) is 5.75 Å². The molecule has 0 bridgehead atoms. The SMILES string of the molecule is O=C(O)C1CSc2cc(C(F)(F)F)ccc2N1. The van der Waals surface area contributed by atoms with E-state index in [1.54, 1.807) is 0 Å². The van der Waals surface area contributed by atoms with Crippen LogP contribution in [0, 0.1) is 0 Å². The molecule has 1 atom stereocenters. The zero-order valence-electron chi connectivity index (χ0n) is 8.41. The third kappa shape index (κ3) is 2.49. The number of alkyl halides is 3. The fourth-order valence-electron chi connectivity index (χ4n) is 1.47. The van der Waals surface area contributed by atoms with E-state index < -0.39 is 23.8 Å². The summed E-state index contributed by atoms with van der Waals surface area (Å²) < 4.78 is 37.3. The fraction of sp³-hybridized carbons (Fsp3) is 0.300. The van der Waals surface area contributed by atoms with E-state index in [1.807, 2.05) is 0 Å². The highest BCUT2D eigenvalue weighted by Gasteiger charge is 2.32. The van der Waals surface area contributed by atoms with Crippen LogP contribution in [0.1, 0.15) is 5.56 Å². The Morgan fingerprint density at radius 1 is 1.47 bits per heavy atom. The minimum absolute atomic E-state index is 0.212. The number of aliphatic carboxylic acids is 1. The van der Waals surface area contributed by atoms with Crippen LogP contribution in [0.15, 0.2) is 23.1 Å². The molecule has 0 aliphatic carbocycles. The second-order valence-corrected chi connectivity index (χ2v) is 4.62. The Kier molecular flexibility index (Phi) is 2.94. The maximum atomic E-state index is 12.4. The van der Waals surface area contributed by atoms with Gasteiger partial charge in [-0.3, -0.25) is 0 Å². The van der Waals surface area contributed by atoms with Gasteiger partial charge in [-0.15, -0.1) is 11.8 Å². The highest BCUT2D eigenvalue weighted by Crippen LogP contribution is 2.38. The Hall–Kier alpha value is -1.37. The smallest absolute Gasteiger partial charge is 0.416 e. The van der Waals surface area contributed by atoms with Crippen molar-refractivity contribution in [1.82, 2.24) is 0 Å². The van der Waals surface area contributed by atoms with Crippen molar-refractivity contribution in [3.63, 3.8) is 0 Å². The Morgan fingerprint density at radius 3 is 2.76 bits per heavy atom. The molecule has 0 aromatic heterocycles. The van der Waals surface area contributed by atoms with Gasteiger partial charge < -0.3 is 10.4 Å². The van der Waals surface area contributed by atoms with Crippen LogP contribution in [-0.4, -0.2) is 22.9 Å². The molecule has 1 aliphatic rings. The van der Waals surface area contributed by atoms with Crippen molar-refractivity contribution in [2.75, 3.05) is 11.1 Å². The maximum Gasteiger partial charge on any atom is 0.416 e. The van der Waals surface area contributed by atoms with E-state index in [1.165, 1.54) is 6.07 Å². The minimum Gasteiger partial charge on any atom is -0.480 e. The van der Waals surface area contributed by atoms with Crippen LogP contribution in [-0.2, 0) is 11.0 Å². The number of rotatable bonds is 1. The topological polar surface area (TPSA) is 49.3 Å². The molecule has 2 N–H and O–H groups in total. The normalized spacial score (nSPS) is 19.4. The Labute approximate surface area is 99.0 Å². The van der Waals surface area contributed by atoms with Crippen LogP contribution in [0.2, 0.25) is 0 Å². The first-order valence-electron chi connectivity index (χ1n) is 4.71. The van der Waals surface area contributed by atoms with E-state index in [4.69, 9.17) is 5.11 Å². The third-order valence-corrected chi connectivity index (χ3v) is 3.49. The summed E-state index contributed by atoms with van der Waals surface area (Å²) >= 11 is 1.11. The van der Waals surface area contributed by atoms with Crippen LogP contribution in [0.25, 0.3) is 0 Å². The second-order valence-electron chi connectivity index (χ2n) is 3.55. The highest BCUT2D eigenvalue weighted by atomic mass is 32.2. The number of hydrogen-bond donors (Lipinski definition) is 2. The molecule has 0 fully saturated rings. The predicted octanol–water partition coefficient (Wildman–Crippen LogP) is 2.68. The van der Waals surface area contributed by atoms with E-state index >= 15 is 0 Å². The lowest BCUT2D eigenvalue weighted by molar-refractivity contribution is -0.138. The number of carboxylic acids is 1. The molecule has 1 heterocycles. The van der Waals surface area contributed by atoms with Crippen LogP contribution < -0.4 is 5.32 Å². The van der Waals surface area contributed by atoms with Gasteiger partial charge in [-0.05, 0) is 18.2 Å². The van der Waals surface area contributed by atoms with Crippen LogP contribution >= 0.6 is 11.8 Å². The lowest BCUT2D eigenvalue weighted by atomic mass is 10.2. The summed E-state index contributed by atoms with van der Waals surface area (Å²) in [6.45, 7) is 0. The number of hydrogen-bond acceptors (Lipinski definition) is 3. The van der Waals surface area contributed by atoms with Gasteiger partial charge in [0.15, 0.2) is 0 Å². The quantitative estimate of drug-likeness (QED) is 0.817. The first kappa shape index (κ1) is 12.1. The Bertz CT molecular complexity index is 461. The lowest BCUT2D eigenvalue weighted by Gasteiger charge is -2.24. The number of anilines is 1. The van der Waals surface area contributed by atoms with Crippen molar-refractivity contribution in [3.05, 3.63) is 23.8 Å². The zero-order valence-corrected chi connectivity index (χ0v) is 9.23. The molecule has 1 aliphatic heterocycles. The lowest BCUT2D eigenvalue weighted by Crippen LogP contribution is -2.34. The highest BCUT2D eigenvalue weighted by molar-refractivity contribution is 7.99. The zero-order chi connectivity index (χ0) is 12.6. The molecular weight excluding hydrogens is 255 g/mol. The number of carbonyl (C=O) groups is 1. The van der Waals surface area contributed by atoms with Crippen LogP contribution in [0.4, 0.5) is 18.9 Å². The summed E-state index contributed by atoms with van der Waals surface area (Å²) in [6.07, 6.45) is -4.38. The van der Waals surface area contributed by atoms with Gasteiger partial charge in [-0.2, -0.15) is 13.2 Å². The van der Waals surface area contributed by atoms with E-state index in [0.29, 0.717) is 10.6 Å². The van der Waals surface area contributed by atoms with Gasteiger partial charge in [-0.1, -0.05) is 0 Å².